The third kappa shape index (κ3) is 3.67. The lowest BCUT2D eigenvalue weighted by atomic mass is 10.1. The maximum Gasteiger partial charge on any atom is 0.248 e. The largest absolute Gasteiger partial charge is 0.496 e. The smallest absolute Gasteiger partial charge is 0.248 e. The Morgan fingerprint density at radius 2 is 2.05 bits per heavy atom. The Kier molecular flexibility index (Phi) is 4.70. The molecule has 2 aromatic carbocycles. The number of methoxy groups -OCH3 is 1. The molecular formula is C16H17ClN2O2. The highest BCUT2D eigenvalue weighted by molar-refractivity contribution is 6.30. The van der Waals surface area contributed by atoms with Gasteiger partial charge in [0.15, 0.2) is 0 Å². The molecule has 0 aliphatic rings. The van der Waals surface area contributed by atoms with Gasteiger partial charge in [-0.15, -0.1) is 0 Å². The molecule has 4 nitrogen and oxygen atoms in total. The number of hydrogen-bond acceptors (Lipinski definition) is 3. The maximum absolute atomic E-state index is 11.2. The number of benzene rings is 2. The third-order valence-corrected chi connectivity index (χ3v) is 3.45. The van der Waals surface area contributed by atoms with Crippen molar-refractivity contribution in [2.75, 3.05) is 12.4 Å². The molecule has 0 atom stereocenters. The summed E-state index contributed by atoms with van der Waals surface area (Å²) in [5.41, 5.74) is 8.52. The highest BCUT2D eigenvalue weighted by Gasteiger charge is 2.07. The molecule has 0 aliphatic heterocycles. The van der Waals surface area contributed by atoms with Gasteiger partial charge in [0.05, 0.1) is 7.11 Å². The van der Waals surface area contributed by atoms with Crippen molar-refractivity contribution in [3.8, 4) is 5.75 Å². The predicted octanol–water partition coefficient (Wildman–Crippen LogP) is 3.37. The van der Waals surface area contributed by atoms with Crippen molar-refractivity contribution in [1.82, 2.24) is 0 Å². The molecule has 5 heteroatoms. The van der Waals surface area contributed by atoms with Gasteiger partial charge < -0.3 is 15.8 Å². The highest BCUT2D eigenvalue weighted by Crippen LogP contribution is 2.24. The quantitative estimate of drug-likeness (QED) is 0.890. The number of anilines is 1. The number of amides is 1. The Labute approximate surface area is 128 Å². The van der Waals surface area contributed by atoms with E-state index in [0.717, 1.165) is 22.6 Å². The van der Waals surface area contributed by atoms with Crippen LogP contribution in [0.15, 0.2) is 36.4 Å². The predicted molar refractivity (Wildman–Crippen MR) is 85.0 cm³/mol. The third-order valence-electron chi connectivity index (χ3n) is 3.22. The maximum atomic E-state index is 11.2. The van der Waals surface area contributed by atoms with E-state index >= 15 is 0 Å². The minimum atomic E-state index is -0.421. The van der Waals surface area contributed by atoms with E-state index in [9.17, 15) is 4.79 Å². The number of aryl methyl sites for hydroxylation is 1. The molecule has 0 heterocycles. The van der Waals surface area contributed by atoms with Gasteiger partial charge >= 0.3 is 0 Å². The lowest BCUT2D eigenvalue weighted by molar-refractivity contribution is 0.1000. The van der Waals surface area contributed by atoms with Gasteiger partial charge in [0.1, 0.15) is 5.75 Å². The van der Waals surface area contributed by atoms with Crippen molar-refractivity contribution in [1.29, 1.82) is 0 Å². The van der Waals surface area contributed by atoms with E-state index in [4.69, 9.17) is 22.1 Å². The highest BCUT2D eigenvalue weighted by atomic mass is 35.5. The van der Waals surface area contributed by atoms with Crippen molar-refractivity contribution in [3.05, 3.63) is 58.1 Å². The van der Waals surface area contributed by atoms with E-state index in [1.807, 2.05) is 31.2 Å². The van der Waals surface area contributed by atoms with Gasteiger partial charge in [0.2, 0.25) is 5.91 Å². The first kappa shape index (κ1) is 15.2. The lowest BCUT2D eigenvalue weighted by Crippen LogP contribution is -2.12. The van der Waals surface area contributed by atoms with Crippen LogP contribution in [-0.4, -0.2) is 13.0 Å². The van der Waals surface area contributed by atoms with Crippen LogP contribution in [0.3, 0.4) is 0 Å². The van der Waals surface area contributed by atoms with Gasteiger partial charge in [-0.2, -0.15) is 0 Å². The second-order valence-electron chi connectivity index (χ2n) is 4.70. The fraction of sp³-hybridized carbons (Fsp3) is 0.188. The van der Waals surface area contributed by atoms with Crippen molar-refractivity contribution in [2.45, 2.75) is 13.5 Å². The van der Waals surface area contributed by atoms with Crippen molar-refractivity contribution in [3.63, 3.8) is 0 Å². The second-order valence-corrected chi connectivity index (χ2v) is 5.14. The summed E-state index contributed by atoms with van der Waals surface area (Å²) < 4.78 is 5.30. The summed E-state index contributed by atoms with van der Waals surface area (Å²) in [6.07, 6.45) is 0. The number of carbonyl (C=O) groups excluding carboxylic acids is 1. The lowest BCUT2D eigenvalue weighted by Gasteiger charge is -2.12. The number of halogens is 1. The summed E-state index contributed by atoms with van der Waals surface area (Å²) >= 11 is 6.00. The Balaban J connectivity index is 2.15. The molecular weight excluding hydrogens is 288 g/mol. The van der Waals surface area contributed by atoms with Crippen LogP contribution in [0.25, 0.3) is 0 Å². The molecule has 0 aliphatic carbocycles. The summed E-state index contributed by atoms with van der Waals surface area (Å²) in [5.74, 6) is 0.355. The molecule has 0 saturated heterocycles. The van der Waals surface area contributed by atoms with Gasteiger partial charge in [0.25, 0.3) is 0 Å². The SMILES string of the molecule is COc1ccc(Cl)cc1CNc1ccc(C(N)=O)c(C)c1. The summed E-state index contributed by atoms with van der Waals surface area (Å²) in [6.45, 7) is 2.42. The van der Waals surface area contributed by atoms with Crippen molar-refractivity contribution in [2.24, 2.45) is 5.73 Å². The van der Waals surface area contributed by atoms with Crippen molar-refractivity contribution < 1.29 is 9.53 Å². The van der Waals surface area contributed by atoms with Crippen LogP contribution in [-0.2, 0) is 6.54 Å². The van der Waals surface area contributed by atoms with Crippen LogP contribution in [0.1, 0.15) is 21.5 Å². The first-order valence-electron chi connectivity index (χ1n) is 6.48. The van der Waals surface area contributed by atoms with Crippen LogP contribution in [0.2, 0.25) is 5.02 Å². The van der Waals surface area contributed by atoms with Gasteiger partial charge in [-0.1, -0.05) is 11.6 Å². The van der Waals surface area contributed by atoms with Crippen LogP contribution < -0.4 is 15.8 Å². The standard InChI is InChI=1S/C16H17ClN2O2/c1-10-7-13(4-5-14(10)16(18)20)19-9-11-8-12(17)3-6-15(11)21-2/h3-8,19H,9H2,1-2H3,(H2,18,20). The zero-order valence-corrected chi connectivity index (χ0v) is 12.7. The summed E-state index contributed by atoms with van der Waals surface area (Å²) in [7, 11) is 1.62. The molecule has 0 fully saturated rings. The Hall–Kier alpha value is -2.20. The zero-order chi connectivity index (χ0) is 15.4. The molecule has 0 spiro atoms. The summed E-state index contributed by atoms with van der Waals surface area (Å²) in [6, 6.07) is 10.9. The number of hydrogen-bond donors (Lipinski definition) is 2. The van der Waals surface area contributed by atoms with E-state index in [2.05, 4.69) is 5.32 Å². The monoisotopic (exact) mass is 304 g/mol. The molecule has 0 bridgehead atoms. The van der Waals surface area contributed by atoms with Crippen LogP contribution in [0, 0.1) is 6.92 Å². The average Bonchev–Trinajstić information content (AvgIpc) is 2.45. The van der Waals surface area contributed by atoms with Crippen LogP contribution in [0.4, 0.5) is 5.69 Å². The first-order valence-corrected chi connectivity index (χ1v) is 6.86. The first-order chi connectivity index (χ1) is 10.0. The number of ether oxygens (including phenoxy) is 1. The number of rotatable bonds is 5. The summed E-state index contributed by atoms with van der Waals surface area (Å²) in [4.78, 5) is 11.2. The normalized spacial score (nSPS) is 10.2. The number of primary amides is 1. The van der Waals surface area contributed by atoms with E-state index < -0.39 is 5.91 Å². The van der Waals surface area contributed by atoms with Gasteiger partial charge in [0, 0.05) is 28.4 Å². The fourth-order valence-corrected chi connectivity index (χ4v) is 2.33. The molecule has 110 valence electrons. The topological polar surface area (TPSA) is 64.3 Å². The van der Waals surface area contributed by atoms with E-state index in [1.54, 1.807) is 19.2 Å². The Morgan fingerprint density at radius 3 is 2.67 bits per heavy atom. The van der Waals surface area contributed by atoms with Gasteiger partial charge in [-0.3, -0.25) is 4.79 Å². The van der Waals surface area contributed by atoms with Crippen LogP contribution >= 0.6 is 11.6 Å². The van der Waals surface area contributed by atoms with Crippen molar-refractivity contribution >= 4 is 23.2 Å². The number of carbonyl (C=O) groups is 1. The zero-order valence-electron chi connectivity index (χ0n) is 11.9. The van der Waals surface area contributed by atoms with E-state index in [0.29, 0.717) is 17.1 Å². The van der Waals surface area contributed by atoms with E-state index in [-0.39, 0.29) is 0 Å². The minimum absolute atomic E-state index is 0.421. The molecule has 2 rings (SSSR count). The second kappa shape index (κ2) is 6.50. The molecule has 21 heavy (non-hydrogen) atoms. The molecule has 0 unspecified atom stereocenters. The molecule has 2 aromatic rings. The minimum Gasteiger partial charge on any atom is -0.496 e. The van der Waals surface area contributed by atoms with Gasteiger partial charge in [-0.05, 0) is 48.9 Å². The molecule has 0 radical (unpaired) electrons. The Morgan fingerprint density at radius 1 is 1.29 bits per heavy atom. The van der Waals surface area contributed by atoms with E-state index in [1.165, 1.54) is 0 Å². The fourth-order valence-electron chi connectivity index (χ4n) is 2.13. The average molecular weight is 305 g/mol. The van der Waals surface area contributed by atoms with Crippen LogP contribution in [0.5, 0.6) is 5.75 Å². The molecule has 0 aromatic heterocycles. The Bertz CT molecular complexity index is 671. The number of nitrogens with one attached hydrogen (secondary N) is 1. The summed E-state index contributed by atoms with van der Waals surface area (Å²) in [5, 5.41) is 3.94. The number of nitrogens with two attached hydrogens (primary N) is 1. The van der Waals surface area contributed by atoms with Gasteiger partial charge in [-0.25, -0.2) is 0 Å². The molecule has 1 amide bonds. The molecule has 0 saturated carbocycles. The molecule has 3 N–H and O–H groups in total.